The van der Waals surface area contributed by atoms with Gasteiger partial charge in [0.2, 0.25) is 0 Å². The van der Waals surface area contributed by atoms with Crippen molar-refractivity contribution in [2.45, 2.75) is 39.5 Å². The van der Waals surface area contributed by atoms with E-state index in [1.807, 2.05) is 4.90 Å². The lowest BCUT2D eigenvalue weighted by molar-refractivity contribution is -0.384. The number of nitro benzene ring substituents is 1. The van der Waals surface area contributed by atoms with Gasteiger partial charge >= 0.3 is 0 Å². The van der Waals surface area contributed by atoms with Crippen LogP contribution >= 0.6 is 11.6 Å². The monoisotopic (exact) mass is 564 g/mol. The lowest BCUT2D eigenvalue weighted by Gasteiger charge is -2.57. The molecule has 1 amide bonds. The second-order valence-electron chi connectivity index (χ2n) is 12.2. The smallest absolute Gasteiger partial charge is 0.270 e. The quantitative estimate of drug-likeness (QED) is 0.192. The molecule has 214 valence electrons. The number of nitro groups is 1. The molecule has 1 saturated carbocycles. The number of piperazine rings is 1. The molecule has 1 aliphatic heterocycles. The zero-order chi connectivity index (χ0) is 28.3. The van der Waals surface area contributed by atoms with Gasteiger partial charge in [0.1, 0.15) is 0 Å². The van der Waals surface area contributed by atoms with Crippen molar-refractivity contribution in [3.8, 4) is 0 Å². The molecule has 2 unspecified atom stereocenters. The Labute approximate surface area is 242 Å². The van der Waals surface area contributed by atoms with Crippen LogP contribution in [-0.4, -0.2) is 77.9 Å². The van der Waals surface area contributed by atoms with Gasteiger partial charge in [0.25, 0.3) is 11.6 Å². The van der Waals surface area contributed by atoms with Crippen LogP contribution in [0.1, 0.15) is 49.0 Å². The van der Waals surface area contributed by atoms with E-state index in [9.17, 15) is 14.9 Å². The van der Waals surface area contributed by atoms with Gasteiger partial charge in [-0.15, -0.1) is 0 Å². The van der Waals surface area contributed by atoms with E-state index >= 15 is 0 Å². The summed E-state index contributed by atoms with van der Waals surface area (Å²) >= 11 is 6.22. The van der Waals surface area contributed by atoms with Crippen LogP contribution in [0.4, 0.5) is 5.69 Å². The summed E-state index contributed by atoms with van der Waals surface area (Å²) in [5, 5.41) is 11.1. The minimum Gasteiger partial charge on any atom is -0.336 e. The van der Waals surface area contributed by atoms with E-state index in [1.54, 1.807) is 5.57 Å². The first-order chi connectivity index (χ1) is 19.2. The van der Waals surface area contributed by atoms with Crippen LogP contribution in [-0.2, 0) is 6.42 Å². The number of aryl methyl sites for hydroxylation is 1. The van der Waals surface area contributed by atoms with Crippen LogP contribution in [0.25, 0.3) is 0 Å². The van der Waals surface area contributed by atoms with E-state index in [2.05, 4.69) is 60.1 Å². The number of nitrogens with zero attached hydrogens (tertiary/aromatic N) is 4. The Morgan fingerprint density at radius 3 is 2.50 bits per heavy atom. The van der Waals surface area contributed by atoms with Gasteiger partial charge in [-0.3, -0.25) is 24.7 Å². The highest BCUT2D eigenvalue weighted by atomic mass is 35.5. The Hall–Kier alpha value is -2.74. The van der Waals surface area contributed by atoms with Gasteiger partial charge in [0, 0.05) is 57.9 Å². The Bertz CT molecular complexity index is 1240. The minimum atomic E-state index is -0.502. The number of non-ortho nitro benzene ring substituents is 1. The summed E-state index contributed by atoms with van der Waals surface area (Å²) in [5.41, 5.74) is 3.70. The van der Waals surface area contributed by atoms with Crippen LogP contribution < -0.4 is 0 Å². The second kappa shape index (κ2) is 12.4. The first-order valence-electron chi connectivity index (χ1n) is 14.6. The molecule has 2 aromatic carbocycles. The van der Waals surface area contributed by atoms with Crippen molar-refractivity contribution in [2.75, 3.05) is 52.4 Å². The molecule has 0 N–H and O–H groups in total. The number of carbonyl (C=O) groups is 1. The van der Waals surface area contributed by atoms with Crippen molar-refractivity contribution in [1.82, 2.24) is 14.7 Å². The number of allylic oxidation sites excluding steroid dienone is 1. The summed E-state index contributed by atoms with van der Waals surface area (Å²) in [5.74, 6) is 1.42. The number of halogens is 1. The predicted octanol–water partition coefficient (Wildman–Crippen LogP) is 5.93. The fraction of sp³-hybridized carbons (Fsp3) is 0.531. The number of carbonyl (C=O) groups excluding carboxylic acids is 1. The molecule has 1 heterocycles. The zero-order valence-electron chi connectivity index (χ0n) is 23.7. The lowest BCUT2D eigenvalue weighted by Crippen LogP contribution is -2.51. The summed E-state index contributed by atoms with van der Waals surface area (Å²) in [6, 6.07) is 14.8. The number of hydrogen-bond acceptors (Lipinski definition) is 5. The first kappa shape index (κ1) is 28.8. The molecule has 7 nitrogen and oxygen atoms in total. The molecule has 2 fully saturated rings. The van der Waals surface area contributed by atoms with Crippen LogP contribution in [0.3, 0.4) is 0 Å². The van der Waals surface area contributed by atoms with E-state index < -0.39 is 4.92 Å². The average molecular weight is 565 g/mol. The van der Waals surface area contributed by atoms with Crippen LogP contribution in [0.2, 0.25) is 5.02 Å². The van der Waals surface area contributed by atoms with Crippen molar-refractivity contribution < 1.29 is 9.72 Å². The van der Waals surface area contributed by atoms with Gasteiger partial charge in [-0.05, 0) is 61.1 Å². The highest BCUT2D eigenvalue weighted by molar-refractivity contribution is 6.34. The fourth-order valence-electron chi connectivity index (χ4n) is 6.75. The molecular formula is C32H41ClN4O3. The van der Waals surface area contributed by atoms with Crippen molar-refractivity contribution in [2.24, 2.45) is 17.3 Å². The maximum atomic E-state index is 13.1. The Balaban J connectivity index is 1.14. The van der Waals surface area contributed by atoms with Crippen molar-refractivity contribution in [1.29, 1.82) is 0 Å². The Kier molecular flexibility index (Phi) is 8.93. The molecule has 2 atom stereocenters. The van der Waals surface area contributed by atoms with Crippen LogP contribution in [0.5, 0.6) is 0 Å². The van der Waals surface area contributed by atoms with Crippen LogP contribution in [0, 0.1) is 27.4 Å². The summed E-state index contributed by atoms with van der Waals surface area (Å²) in [6.07, 6.45) is 7.35. The molecule has 2 bridgehead atoms. The number of amides is 1. The van der Waals surface area contributed by atoms with E-state index in [0.29, 0.717) is 24.1 Å². The van der Waals surface area contributed by atoms with Gasteiger partial charge < -0.3 is 4.90 Å². The molecular weight excluding hydrogens is 524 g/mol. The van der Waals surface area contributed by atoms with Gasteiger partial charge in [-0.25, -0.2) is 0 Å². The maximum Gasteiger partial charge on any atom is 0.270 e. The summed E-state index contributed by atoms with van der Waals surface area (Å²) < 4.78 is 0. The van der Waals surface area contributed by atoms with Gasteiger partial charge in [-0.1, -0.05) is 67.4 Å². The third-order valence-corrected chi connectivity index (χ3v) is 9.87. The van der Waals surface area contributed by atoms with Crippen LogP contribution in [0.15, 0.2) is 60.2 Å². The number of rotatable bonds is 11. The molecule has 3 aliphatic carbocycles. The van der Waals surface area contributed by atoms with Crippen molar-refractivity contribution in [3.63, 3.8) is 0 Å². The SMILES string of the molecule is CC1(C)C2CC=C(CN(CCCc3ccccc3)CCN3CCN(C(=O)c4ccc([N+](=O)[O-])cc4Cl)CC3)C1C2. The Morgan fingerprint density at radius 1 is 1.10 bits per heavy atom. The molecule has 2 aromatic rings. The minimum absolute atomic E-state index is 0.107. The largest absolute Gasteiger partial charge is 0.336 e. The topological polar surface area (TPSA) is 69.9 Å². The second-order valence-corrected chi connectivity index (χ2v) is 12.6. The summed E-state index contributed by atoms with van der Waals surface area (Å²) in [6.45, 7) is 11.9. The Morgan fingerprint density at radius 2 is 1.85 bits per heavy atom. The fourth-order valence-corrected chi connectivity index (χ4v) is 7.01. The number of fused-ring (bicyclic) bond motifs is 1. The molecule has 4 aliphatic rings. The molecule has 40 heavy (non-hydrogen) atoms. The summed E-state index contributed by atoms with van der Waals surface area (Å²) in [4.78, 5) is 30.5. The highest BCUT2D eigenvalue weighted by Gasteiger charge is 2.51. The standard InChI is InChI=1S/C32H41ClN4O3/c1-32(2)26-11-10-25(29(32)21-26)23-35(14-6-9-24-7-4-3-5-8-24)16-15-34-17-19-36(20-18-34)31(38)28-13-12-27(37(39)40)22-30(28)33/h3-5,7-8,10,12-13,22,26,29H,6,9,11,14-21,23H2,1-2H3. The molecule has 0 radical (unpaired) electrons. The maximum absolute atomic E-state index is 13.1. The molecule has 6 rings (SSSR count). The van der Waals surface area contributed by atoms with Gasteiger partial charge in [-0.2, -0.15) is 0 Å². The summed E-state index contributed by atoms with van der Waals surface area (Å²) in [7, 11) is 0. The van der Waals surface area contributed by atoms with Gasteiger partial charge in [0.05, 0.1) is 15.5 Å². The van der Waals surface area contributed by atoms with Gasteiger partial charge in [0.15, 0.2) is 0 Å². The molecule has 0 aromatic heterocycles. The average Bonchev–Trinajstić information content (AvgIpc) is 2.96. The third-order valence-electron chi connectivity index (χ3n) is 9.56. The molecule has 0 spiro atoms. The van der Waals surface area contributed by atoms with E-state index in [1.165, 1.54) is 36.6 Å². The number of hydrogen-bond donors (Lipinski definition) is 0. The molecule has 8 heteroatoms. The molecule has 1 saturated heterocycles. The van der Waals surface area contributed by atoms with E-state index in [-0.39, 0.29) is 16.6 Å². The normalized spacial score (nSPS) is 22.1. The highest BCUT2D eigenvalue weighted by Crippen LogP contribution is 2.59. The lowest BCUT2D eigenvalue weighted by atomic mass is 9.49. The van der Waals surface area contributed by atoms with Crippen molar-refractivity contribution >= 4 is 23.2 Å². The third kappa shape index (κ3) is 6.42. The number of benzene rings is 2. The predicted molar refractivity (Wildman–Crippen MR) is 160 cm³/mol. The van der Waals surface area contributed by atoms with Crippen molar-refractivity contribution in [3.05, 3.63) is 86.4 Å². The van der Waals surface area contributed by atoms with E-state index in [4.69, 9.17) is 11.6 Å². The van der Waals surface area contributed by atoms with E-state index in [0.717, 1.165) is 63.9 Å². The first-order valence-corrected chi connectivity index (χ1v) is 15.0. The zero-order valence-corrected chi connectivity index (χ0v) is 24.5.